The van der Waals surface area contributed by atoms with Gasteiger partial charge in [0.15, 0.2) is 0 Å². The fourth-order valence-electron chi connectivity index (χ4n) is 0.702. The van der Waals surface area contributed by atoms with Crippen molar-refractivity contribution in [2.24, 2.45) is 0 Å². The van der Waals surface area contributed by atoms with E-state index in [0.29, 0.717) is 0 Å². The zero-order valence-corrected chi connectivity index (χ0v) is 12.0. The van der Waals surface area contributed by atoms with Crippen LogP contribution in [0.15, 0.2) is 17.0 Å². The van der Waals surface area contributed by atoms with Crippen LogP contribution in [0.4, 0.5) is 0 Å². The van der Waals surface area contributed by atoms with Gasteiger partial charge in [-0.05, 0) is 12.1 Å². The van der Waals surface area contributed by atoms with Gasteiger partial charge in [0.2, 0.25) is 0 Å². The third kappa shape index (κ3) is 3.54. The average molecular weight is 285 g/mol. The Morgan fingerprint density at radius 3 is 1.86 bits per heavy atom. The van der Waals surface area contributed by atoms with Crippen LogP contribution in [0.5, 0.6) is 0 Å². The molecule has 1 aromatic carbocycles. The van der Waals surface area contributed by atoms with Gasteiger partial charge in [0.05, 0.1) is 15.1 Å². The molecule has 73 valence electrons. The molecule has 0 spiro atoms. The van der Waals surface area contributed by atoms with Gasteiger partial charge in [-0.2, -0.15) is 8.42 Å². The van der Waals surface area contributed by atoms with Crippen LogP contribution in [0.3, 0.4) is 0 Å². The molecule has 1 rings (SSSR count). The number of benzene rings is 1. The van der Waals surface area contributed by atoms with Crippen LogP contribution in [-0.4, -0.2) is 42.5 Å². The third-order valence-electron chi connectivity index (χ3n) is 1.25. The van der Waals surface area contributed by atoms with Crippen LogP contribution in [0.25, 0.3) is 0 Å². The van der Waals surface area contributed by atoms with Gasteiger partial charge < -0.3 is 0 Å². The molecule has 0 heterocycles. The Hall–Kier alpha value is 1.000. The molecule has 1 radical (unpaired) electrons. The minimum absolute atomic E-state index is 0. The Labute approximate surface area is 118 Å². The molecule has 14 heavy (non-hydrogen) atoms. The number of hydrogen-bond acceptors (Lipinski definition) is 2. The average Bonchev–Trinajstić information content (AvgIpc) is 1.94. The standard InChI is InChI=1S/C6H3Cl3O3S.Na/c7-3-1-5(9)6(2-4(3)8)13(10,11)12;/h1-2H,(H,10,11,12);. The van der Waals surface area contributed by atoms with E-state index in [0.717, 1.165) is 12.1 Å². The van der Waals surface area contributed by atoms with E-state index in [4.69, 9.17) is 39.4 Å². The Morgan fingerprint density at radius 1 is 1.00 bits per heavy atom. The Balaban J connectivity index is 0.00000169. The number of halogens is 3. The van der Waals surface area contributed by atoms with Crippen LogP contribution in [0, 0.1) is 0 Å². The summed E-state index contributed by atoms with van der Waals surface area (Å²) < 4.78 is 30.0. The van der Waals surface area contributed by atoms with E-state index < -0.39 is 15.0 Å². The number of hydrogen-bond donors (Lipinski definition) is 1. The minimum atomic E-state index is -4.35. The van der Waals surface area contributed by atoms with Crippen molar-refractivity contribution in [3.8, 4) is 0 Å². The first-order chi connectivity index (χ1) is 5.82. The fraction of sp³-hybridized carbons (Fsp3) is 0. The van der Waals surface area contributed by atoms with Crippen LogP contribution in [0.2, 0.25) is 15.1 Å². The molecule has 0 amide bonds. The predicted molar refractivity (Wildman–Crippen MR) is 57.0 cm³/mol. The van der Waals surface area contributed by atoms with Crippen molar-refractivity contribution < 1.29 is 13.0 Å². The molecule has 0 aromatic heterocycles. The Kier molecular flexibility index (Phi) is 5.75. The first kappa shape index (κ1) is 15.0. The summed E-state index contributed by atoms with van der Waals surface area (Å²) in [7, 11) is -4.35. The third-order valence-corrected chi connectivity index (χ3v) is 3.29. The normalized spacial score (nSPS) is 10.9. The van der Waals surface area contributed by atoms with Crippen LogP contribution in [0.1, 0.15) is 0 Å². The smallest absolute Gasteiger partial charge is 0.282 e. The molecule has 0 saturated carbocycles. The SMILES string of the molecule is O=S(=O)(O)c1cc(Cl)c(Cl)cc1Cl.[Na]. The first-order valence-corrected chi connectivity index (χ1v) is 5.52. The van der Waals surface area contributed by atoms with Crippen LogP contribution in [-0.2, 0) is 10.1 Å². The Morgan fingerprint density at radius 2 is 1.43 bits per heavy atom. The quantitative estimate of drug-likeness (QED) is 0.490. The van der Waals surface area contributed by atoms with E-state index in [2.05, 4.69) is 0 Å². The van der Waals surface area contributed by atoms with E-state index in [9.17, 15) is 8.42 Å². The van der Waals surface area contributed by atoms with E-state index in [1.807, 2.05) is 0 Å². The van der Waals surface area contributed by atoms with E-state index in [1.165, 1.54) is 0 Å². The number of rotatable bonds is 1. The monoisotopic (exact) mass is 283 g/mol. The molecule has 0 unspecified atom stereocenters. The van der Waals surface area contributed by atoms with Gasteiger partial charge in [0.25, 0.3) is 10.1 Å². The first-order valence-electron chi connectivity index (χ1n) is 2.94. The zero-order valence-electron chi connectivity index (χ0n) is 6.96. The second kappa shape index (κ2) is 5.37. The molecular formula is C6H3Cl3NaO3S. The van der Waals surface area contributed by atoms with Crippen molar-refractivity contribution in [1.82, 2.24) is 0 Å². The van der Waals surface area contributed by atoms with Gasteiger partial charge in [-0.1, -0.05) is 34.8 Å². The molecule has 8 heteroatoms. The Bertz CT molecular complexity index is 446. The van der Waals surface area contributed by atoms with Gasteiger partial charge in [-0.15, -0.1) is 0 Å². The summed E-state index contributed by atoms with van der Waals surface area (Å²) in [6, 6.07) is 2.14. The van der Waals surface area contributed by atoms with Crippen molar-refractivity contribution >= 4 is 74.5 Å². The van der Waals surface area contributed by atoms with E-state index in [-0.39, 0.29) is 44.6 Å². The molecule has 0 fully saturated rings. The van der Waals surface area contributed by atoms with Gasteiger partial charge in [-0.25, -0.2) is 0 Å². The molecule has 1 N–H and O–H groups in total. The molecule has 0 bridgehead atoms. The maximum absolute atomic E-state index is 10.7. The second-order valence-corrected chi connectivity index (χ2v) is 4.78. The topological polar surface area (TPSA) is 54.4 Å². The summed E-state index contributed by atoms with van der Waals surface area (Å²) >= 11 is 16.6. The zero-order chi connectivity index (χ0) is 10.2. The van der Waals surface area contributed by atoms with Crippen LogP contribution < -0.4 is 0 Å². The van der Waals surface area contributed by atoms with Crippen molar-refractivity contribution in [2.45, 2.75) is 4.90 Å². The van der Waals surface area contributed by atoms with Crippen molar-refractivity contribution in [3.05, 3.63) is 27.2 Å². The molecule has 0 aliphatic heterocycles. The van der Waals surface area contributed by atoms with Crippen molar-refractivity contribution in [1.29, 1.82) is 0 Å². The summed E-state index contributed by atoms with van der Waals surface area (Å²) in [5.41, 5.74) is 0. The summed E-state index contributed by atoms with van der Waals surface area (Å²) in [5.74, 6) is 0. The van der Waals surface area contributed by atoms with Gasteiger partial charge in [0, 0.05) is 29.6 Å². The van der Waals surface area contributed by atoms with E-state index in [1.54, 1.807) is 0 Å². The molecular weight excluding hydrogens is 281 g/mol. The second-order valence-electron chi connectivity index (χ2n) is 2.17. The predicted octanol–water partition coefficient (Wildman–Crippen LogP) is 2.51. The minimum Gasteiger partial charge on any atom is -0.282 e. The summed E-state index contributed by atoms with van der Waals surface area (Å²) in [5, 5.41) is -0.0327. The van der Waals surface area contributed by atoms with Gasteiger partial charge in [0.1, 0.15) is 4.90 Å². The molecule has 3 nitrogen and oxygen atoms in total. The van der Waals surface area contributed by atoms with Gasteiger partial charge in [-0.3, -0.25) is 4.55 Å². The molecule has 0 saturated heterocycles. The summed E-state index contributed by atoms with van der Waals surface area (Å²) in [6.45, 7) is 0. The van der Waals surface area contributed by atoms with Gasteiger partial charge >= 0.3 is 0 Å². The summed E-state index contributed by atoms with van der Waals surface area (Å²) in [6.07, 6.45) is 0. The fourth-order valence-corrected chi connectivity index (χ4v) is 2.18. The maximum Gasteiger partial charge on any atom is 0.296 e. The largest absolute Gasteiger partial charge is 0.296 e. The molecule has 0 aliphatic carbocycles. The van der Waals surface area contributed by atoms with E-state index >= 15 is 0 Å². The molecule has 0 atom stereocenters. The van der Waals surface area contributed by atoms with Crippen molar-refractivity contribution in [2.75, 3.05) is 0 Å². The summed E-state index contributed by atoms with van der Waals surface area (Å²) in [4.78, 5) is -0.455. The maximum atomic E-state index is 10.7. The van der Waals surface area contributed by atoms with Crippen LogP contribution >= 0.6 is 34.8 Å². The molecule has 1 aromatic rings. The molecule has 0 aliphatic rings. The van der Waals surface area contributed by atoms with Crippen molar-refractivity contribution in [3.63, 3.8) is 0 Å².